The van der Waals surface area contributed by atoms with E-state index in [0.717, 1.165) is 0 Å². The van der Waals surface area contributed by atoms with Gasteiger partial charge in [0, 0.05) is 0 Å². The Morgan fingerprint density at radius 1 is 1.06 bits per heavy atom. The van der Waals surface area contributed by atoms with Crippen LogP contribution >= 0.6 is 0 Å². The molecule has 1 aromatic rings. The molecule has 0 aliphatic heterocycles. The highest BCUT2D eigenvalue weighted by molar-refractivity contribution is 6.33. The lowest BCUT2D eigenvalue weighted by Gasteiger charge is -2.11. The lowest BCUT2D eigenvalue weighted by molar-refractivity contribution is -0.140. The first-order valence-corrected chi connectivity index (χ1v) is 3.81. The number of alkyl halides is 3. The van der Waals surface area contributed by atoms with E-state index >= 15 is 0 Å². The van der Waals surface area contributed by atoms with Gasteiger partial charge in [0.2, 0.25) is 0 Å². The van der Waals surface area contributed by atoms with Crippen molar-refractivity contribution in [2.45, 2.75) is 6.18 Å². The first-order valence-electron chi connectivity index (χ1n) is 3.81. The van der Waals surface area contributed by atoms with E-state index in [2.05, 4.69) is 4.65 Å². The molecule has 0 unspecified atom stereocenters. The summed E-state index contributed by atoms with van der Waals surface area (Å²) in [5.41, 5.74) is -1.80. The van der Waals surface area contributed by atoms with E-state index in [0.29, 0.717) is 6.07 Å². The molecular formula is C7H4BF5O3. The first kappa shape index (κ1) is 12.7. The van der Waals surface area contributed by atoms with Crippen LogP contribution in [-0.2, 0) is 6.18 Å². The average molecular weight is 242 g/mol. The molecule has 0 saturated carbocycles. The third-order valence-corrected chi connectivity index (χ3v) is 1.58. The van der Waals surface area contributed by atoms with Gasteiger partial charge < -0.3 is 14.7 Å². The Labute approximate surface area is 86.3 Å². The van der Waals surface area contributed by atoms with Gasteiger partial charge in [-0.1, -0.05) is 0 Å². The fourth-order valence-electron chi connectivity index (χ4n) is 0.955. The van der Waals surface area contributed by atoms with E-state index in [-0.39, 0.29) is 6.07 Å². The summed E-state index contributed by atoms with van der Waals surface area (Å²) >= 11 is 0. The van der Waals surface area contributed by atoms with Crippen molar-refractivity contribution in [2.24, 2.45) is 0 Å². The van der Waals surface area contributed by atoms with Crippen molar-refractivity contribution in [1.82, 2.24) is 0 Å². The first-order chi connectivity index (χ1) is 7.23. The standard InChI is InChI=1S/C7H4BF5O3/c9-5-3(7(11,12)13)1-2-4(6(5)10)16-8(14)15/h1-2,14-15H. The molecule has 0 aliphatic rings. The van der Waals surface area contributed by atoms with Crippen molar-refractivity contribution in [3.63, 3.8) is 0 Å². The van der Waals surface area contributed by atoms with Crippen LogP contribution in [0, 0.1) is 11.6 Å². The highest BCUT2D eigenvalue weighted by atomic mass is 19.4. The van der Waals surface area contributed by atoms with E-state index in [1.165, 1.54) is 0 Å². The smallest absolute Gasteiger partial charge is 0.509 e. The van der Waals surface area contributed by atoms with Gasteiger partial charge in [-0.25, -0.2) is 4.39 Å². The minimum atomic E-state index is -5.04. The summed E-state index contributed by atoms with van der Waals surface area (Å²) < 4.78 is 66.0. The third-order valence-electron chi connectivity index (χ3n) is 1.58. The van der Waals surface area contributed by atoms with E-state index in [4.69, 9.17) is 10.0 Å². The maximum atomic E-state index is 12.9. The fraction of sp³-hybridized carbons (Fsp3) is 0.143. The van der Waals surface area contributed by atoms with Gasteiger partial charge in [-0.3, -0.25) is 0 Å². The predicted octanol–water partition coefficient (Wildman–Crippen LogP) is 1.33. The number of hydrogen-bond acceptors (Lipinski definition) is 3. The van der Waals surface area contributed by atoms with Gasteiger partial charge in [0.05, 0.1) is 5.56 Å². The van der Waals surface area contributed by atoms with Gasteiger partial charge in [-0.2, -0.15) is 17.6 Å². The molecule has 9 heteroatoms. The van der Waals surface area contributed by atoms with E-state index in [1.807, 2.05) is 0 Å². The van der Waals surface area contributed by atoms with E-state index in [9.17, 15) is 22.0 Å². The van der Waals surface area contributed by atoms with Crippen LogP contribution in [0.4, 0.5) is 22.0 Å². The van der Waals surface area contributed by atoms with Gasteiger partial charge >= 0.3 is 13.5 Å². The molecule has 0 aliphatic carbocycles. The van der Waals surface area contributed by atoms with E-state index < -0.39 is 36.4 Å². The summed E-state index contributed by atoms with van der Waals surface area (Å²) in [6.45, 7) is 0. The molecule has 16 heavy (non-hydrogen) atoms. The third kappa shape index (κ3) is 2.61. The van der Waals surface area contributed by atoms with Crippen molar-refractivity contribution in [3.05, 3.63) is 29.3 Å². The molecule has 0 atom stereocenters. The highest BCUT2D eigenvalue weighted by Crippen LogP contribution is 2.34. The zero-order valence-corrected chi connectivity index (χ0v) is 7.42. The Balaban J connectivity index is 3.19. The van der Waals surface area contributed by atoms with Gasteiger partial charge in [0.25, 0.3) is 0 Å². The van der Waals surface area contributed by atoms with E-state index in [1.54, 1.807) is 0 Å². The SMILES string of the molecule is OB(O)Oc1ccc(C(F)(F)F)c(F)c1F. The average Bonchev–Trinajstić information content (AvgIpc) is 2.10. The normalized spacial score (nSPS) is 11.4. The minimum Gasteiger partial charge on any atom is -0.509 e. The maximum Gasteiger partial charge on any atom is 0.707 e. The Hall–Kier alpha value is -1.35. The van der Waals surface area contributed by atoms with Gasteiger partial charge in [0.15, 0.2) is 11.6 Å². The monoisotopic (exact) mass is 242 g/mol. The maximum absolute atomic E-state index is 12.9. The highest BCUT2D eigenvalue weighted by Gasteiger charge is 2.36. The van der Waals surface area contributed by atoms with Crippen molar-refractivity contribution in [3.8, 4) is 5.75 Å². The quantitative estimate of drug-likeness (QED) is 0.607. The Kier molecular flexibility index (Phi) is 3.39. The van der Waals surface area contributed by atoms with Crippen LogP contribution in [0.15, 0.2) is 12.1 Å². The molecule has 1 aromatic carbocycles. The van der Waals surface area contributed by atoms with Crippen molar-refractivity contribution >= 4 is 7.32 Å². The molecule has 0 spiro atoms. The van der Waals surface area contributed by atoms with Gasteiger partial charge in [-0.15, -0.1) is 0 Å². The minimum absolute atomic E-state index is 0.232. The largest absolute Gasteiger partial charge is 0.707 e. The second kappa shape index (κ2) is 4.26. The summed E-state index contributed by atoms with van der Waals surface area (Å²) in [5.74, 6) is -5.13. The Bertz CT molecular complexity index is 392. The molecule has 88 valence electrons. The molecule has 0 bridgehead atoms. The molecule has 3 nitrogen and oxygen atoms in total. The van der Waals surface area contributed by atoms with Crippen LogP contribution < -0.4 is 4.65 Å². The van der Waals surface area contributed by atoms with Crippen molar-refractivity contribution in [1.29, 1.82) is 0 Å². The molecule has 2 N–H and O–H groups in total. The lowest BCUT2D eigenvalue weighted by Crippen LogP contribution is -2.22. The second-order valence-electron chi connectivity index (χ2n) is 2.68. The second-order valence-corrected chi connectivity index (χ2v) is 2.68. The van der Waals surface area contributed by atoms with Crippen LogP contribution in [0.5, 0.6) is 5.75 Å². The molecule has 0 amide bonds. The zero-order valence-electron chi connectivity index (χ0n) is 7.42. The molecule has 0 saturated heterocycles. The molecule has 0 heterocycles. The summed E-state index contributed by atoms with van der Waals surface area (Å²) in [5, 5.41) is 16.5. The topological polar surface area (TPSA) is 49.7 Å². The summed E-state index contributed by atoms with van der Waals surface area (Å²) in [7, 11) is -2.45. The predicted molar refractivity (Wildman–Crippen MR) is 42.2 cm³/mol. The van der Waals surface area contributed by atoms with Crippen LogP contribution in [0.3, 0.4) is 0 Å². The molecule has 0 radical (unpaired) electrons. The molecule has 0 aromatic heterocycles. The summed E-state index contributed by atoms with van der Waals surface area (Å²) in [6, 6.07) is 0.677. The van der Waals surface area contributed by atoms with Gasteiger partial charge in [-0.05, 0) is 12.1 Å². The van der Waals surface area contributed by atoms with Crippen LogP contribution in [0.2, 0.25) is 0 Å². The molecule has 0 fully saturated rings. The van der Waals surface area contributed by atoms with Crippen molar-refractivity contribution < 1.29 is 36.7 Å². The molecule has 1 rings (SSSR count). The summed E-state index contributed by atoms with van der Waals surface area (Å²) in [4.78, 5) is 0. The number of benzene rings is 1. The lowest BCUT2D eigenvalue weighted by atomic mass is 10.1. The van der Waals surface area contributed by atoms with Crippen molar-refractivity contribution in [2.75, 3.05) is 0 Å². The van der Waals surface area contributed by atoms with Gasteiger partial charge in [0.1, 0.15) is 5.75 Å². The zero-order chi connectivity index (χ0) is 12.5. The Morgan fingerprint density at radius 3 is 2.06 bits per heavy atom. The number of rotatable bonds is 2. The fourth-order valence-corrected chi connectivity index (χ4v) is 0.955. The Morgan fingerprint density at radius 2 is 1.62 bits per heavy atom. The van der Waals surface area contributed by atoms with Crippen LogP contribution in [-0.4, -0.2) is 17.4 Å². The number of halogens is 5. The molecular weight excluding hydrogens is 238 g/mol. The van der Waals surface area contributed by atoms with Crippen LogP contribution in [0.25, 0.3) is 0 Å². The number of hydrogen-bond donors (Lipinski definition) is 2. The van der Waals surface area contributed by atoms with Crippen LogP contribution in [0.1, 0.15) is 5.56 Å². The summed E-state index contributed by atoms with van der Waals surface area (Å²) in [6.07, 6.45) is -5.04.